The number of hydrogen-bond acceptors (Lipinski definition) is 5. The summed E-state index contributed by atoms with van der Waals surface area (Å²) in [6, 6.07) is 8.30. The van der Waals surface area contributed by atoms with E-state index in [1.165, 1.54) is 30.3 Å². The summed E-state index contributed by atoms with van der Waals surface area (Å²) >= 11 is 0. The van der Waals surface area contributed by atoms with Crippen LogP contribution in [0, 0.1) is 15.9 Å². The summed E-state index contributed by atoms with van der Waals surface area (Å²) < 4.78 is 45.3. The molecule has 2 aromatic carbocycles. The van der Waals surface area contributed by atoms with Gasteiger partial charge in [-0.15, -0.1) is 0 Å². The first kappa shape index (κ1) is 15.2. The van der Waals surface area contributed by atoms with Crippen LogP contribution in [0.4, 0.5) is 15.8 Å². The Morgan fingerprint density at radius 3 is 2.74 bits per heavy atom. The maximum absolute atomic E-state index is 13.5. The molecule has 0 spiro atoms. The van der Waals surface area contributed by atoms with Crippen LogP contribution in [0.3, 0.4) is 0 Å². The molecule has 0 saturated carbocycles. The summed E-state index contributed by atoms with van der Waals surface area (Å²) in [4.78, 5) is 9.92. The van der Waals surface area contributed by atoms with Crippen LogP contribution in [0.5, 0.6) is 5.75 Å². The molecule has 1 heterocycles. The van der Waals surface area contributed by atoms with Gasteiger partial charge in [-0.3, -0.25) is 14.4 Å². The molecule has 0 amide bonds. The number of fused-ring (bicyclic) bond motifs is 1. The van der Waals surface area contributed by atoms with Crippen molar-refractivity contribution < 1.29 is 22.5 Å². The molecule has 0 aliphatic carbocycles. The summed E-state index contributed by atoms with van der Waals surface area (Å²) in [5.41, 5.74) is -0.262. The zero-order valence-corrected chi connectivity index (χ0v) is 12.5. The lowest BCUT2D eigenvalue weighted by Crippen LogP contribution is -2.38. The fourth-order valence-electron chi connectivity index (χ4n) is 2.30. The number of sulfonamides is 1. The molecule has 2 aromatic rings. The number of rotatable bonds is 3. The molecule has 0 aromatic heterocycles. The fraction of sp³-hybridized carbons (Fsp3) is 0.143. The van der Waals surface area contributed by atoms with E-state index < -0.39 is 20.8 Å². The molecule has 0 atom stereocenters. The molecule has 120 valence electrons. The lowest BCUT2D eigenvalue weighted by molar-refractivity contribution is -0.385. The van der Waals surface area contributed by atoms with Gasteiger partial charge in [-0.05, 0) is 18.2 Å². The average molecular weight is 338 g/mol. The van der Waals surface area contributed by atoms with Crippen molar-refractivity contribution in [2.45, 2.75) is 4.90 Å². The highest BCUT2D eigenvalue weighted by Gasteiger charge is 2.31. The zero-order chi connectivity index (χ0) is 16.6. The van der Waals surface area contributed by atoms with Crippen molar-refractivity contribution in [1.82, 2.24) is 0 Å². The summed E-state index contributed by atoms with van der Waals surface area (Å²) in [6.45, 7) is 0.0915. The lowest BCUT2D eigenvalue weighted by Gasteiger charge is -2.30. The minimum Gasteiger partial charge on any atom is -0.489 e. The Bertz CT molecular complexity index is 884. The van der Waals surface area contributed by atoms with Crippen LogP contribution in [0.2, 0.25) is 0 Å². The van der Waals surface area contributed by atoms with Crippen LogP contribution in [0.15, 0.2) is 47.4 Å². The smallest absolute Gasteiger partial charge is 0.270 e. The summed E-state index contributed by atoms with van der Waals surface area (Å²) in [5, 5.41) is 10.8. The van der Waals surface area contributed by atoms with Gasteiger partial charge in [0.25, 0.3) is 15.7 Å². The van der Waals surface area contributed by atoms with Gasteiger partial charge in [0.05, 0.1) is 22.1 Å². The normalized spacial score (nSPS) is 14.0. The third-order valence-corrected chi connectivity index (χ3v) is 5.17. The number of nitro benzene ring substituents is 1. The monoisotopic (exact) mass is 338 g/mol. The summed E-state index contributed by atoms with van der Waals surface area (Å²) in [6.07, 6.45) is 0. The van der Waals surface area contributed by atoms with E-state index >= 15 is 0 Å². The first-order chi connectivity index (χ1) is 10.9. The van der Waals surface area contributed by atoms with E-state index in [1.54, 1.807) is 0 Å². The predicted molar refractivity (Wildman–Crippen MR) is 79.5 cm³/mol. The molecule has 7 nitrogen and oxygen atoms in total. The molecule has 1 aliphatic rings. The summed E-state index contributed by atoms with van der Waals surface area (Å²) in [5.74, 6) is -0.361. The standard InChI is InChI=1S/C14H11FN2O5S/c15-10-4-5-14-13(8-10)16(6-7-22-14)23(20,21)12-3-1-2-11(9-12)17(18)19/h1-5,8-9H,6-7H2. The average Bonchev–Trinajstić information content (AvgIpc) is 2.54. The first-order valence-electron chi connectivity index (χ1n) is 6.59. The molecule has 0 radical (unpaired) electrons. The Morgan fingerprint density at radius 2 is 2.00 bits per heavy atom. The zero-order valence-electron chi connectivity index (χ0n) is 11.7. The van der Waals surface area contributed by atoms with Crippen LogP contribution in [0.1, 0.15) is 0 Å². The van der Waals surface area contributed by atoms with Crippen molar-refractivity contribution in [3.05, 3.63) is 58.4 Å². The van der Waals surface area contributed by atoms with E-state index in [0.29, 0.717) is 0 Å². The predicted octanol–water partition coefficient (Wildman–Crippen LogP) is 2.32. The number of anilines is 1. The lowest BCUT2D eigenvalue weighted by atomic mass is 10.2. The van der Waals surface area contributed by atoms with Gasteiger partial charge in [0.2, 0.25) is 0 Å². The number of hydrogen-bond donors (Lipinski definition) is 0. The molecule has 9 heteroatoms. The number of nitrogens with zero attached hydrogens (tertiary/aromatic N) is 2. The van der Waals surface area contributed by atoms with Gasteiger partial charge in [0, 0.05) is 18.2 Å². The van der Waals surface area contributed by atoms with Gasteiger partial charge < -0.3 is 4.74 Å². The molecule has 1 aliphatic heterocycles. The van der Waals surface area contributed by atoms with Crippen LogP contribution < -0.4 is 9.04 Å². The second-order valence-corrected chi connectivity index (χ2v) is 6.65. The van der Waals surface area contributed by atoms with Crippen molar-refractivity contribution in [3.63, 3.8) is 0 Å². The third-order valence-electron chi connectivity index (χ3n) is 3.36. The Balaban J connectivity index is 2.10. The molecule has 0 fully saturated rings. The van der Waals surface area contributed by atoms with E-state index in [0.717, 1.165) is 16.4 Å². The third kappa shape index (κ3) is 2.70. The van der Waals surface area contributed by atoms with Crippen molar-refractivity contribution in [1.29, 1.82) is 0 Å². The van der Waals surface area contributed by atoms with Crippen molar-refractivity contribution >= 4 is 21.4 Å². The van der Waals surface area contributed by atoms with E-state index in [9.17, 15) is 22.9 Å². The van der Waals surface area contributed by atoms with Crippen molar-refractivity contribution in [2.75, 3.05) is 17.5 Å². The minimum absolute atomic E-state index is 0.0124. The number of benzene rings is 2. The number of ether oxygens (including phenoxy) is 1. The van der Waals surface area contributed by atoms with E-state index in [4.69, 9.17) is 4.74 Å². The van der Waals surface area contributed by atoms with Crippen LogP contribution in [0.25, 0.3) is 0 Å². The van der Waals surface area contributed by atoms with Crippen LogP contribution >= 0.6 is 0 Å². The topological polar surface area (TPSA) is 89.8 Å². The van der Waals surface area contributed by atoms with E-state index in [1.807, 2.05) is 0 Å². The molecular weight excluding hydrogens is 327 g/mol. The SMILES string of the molecule is O=[N+]([O-])c1cccc(S(=O)(=O)N2CCOc3ccc(F)cc32)c1. The van der Waals surface area contributed by atoms with Crippen LogP contribution in [-0.4, -0.2) is 26.5 Å². The molecule has 0 bridgehead atoms. The molecule has 23 heavy (non-hydrogen) atoms. The van der Waals surface area contributed by atoms with Gasteiger partial charge in [-0.25, -0.2) is 12.8 Å². The van der Waals surface area contributed by atoms with Crippen LogP contribution in [-0.2, 0) is 10.0 Å². The maximum Gasteiger partial charge on any atom is 0.270 e. The second-order valence-electron chi connectivity index (χ2n) is 4.79. The van der Waals surface area contributed by atoms with Crippen molar-refractivity contribution in [2.24, 2.45) is 0 Å². The Morgan fingerprint density at radius 1 is 1.22 bits per heavy atom. The fourth-order valence-corrected chi connectivity index (χ4v) is 3.79. The van der Waals surface area contributed by atoms with Gasteiger partial charge in [0.1, 0.15) is 18.2 Å². The number of halogens is 1. The molecule has 0 N–H and O–H groups in total. The second kappa shape index (κ2) is 5.51. The summed E-state index contributed by atoms with van der Waals surface area (Å²) in [7, 11) is -4.07. The highest BCUT2D eigenvalue weighted by atomic mass is 32.2. The van der Waals surface area contributed by atoms with E-state index in [-0.39, 0.29) is 35.2 Å². The van der Waals surface area contributed by atoms with Gasteiger partial charge in [-0.2, -0.15) is 0 Å². The molecular formula is C14H11FN2O5S. The quantitative estimate of drug-likeness (QED) is 0.633. The highest BCUT2D eigenvalue weighted by Crippen LogP contribution is 2.36. The first-order valence-corrected chi connectivity index (χ1v) is 8.03. The highest BCUT2D eigenvalue weighted by molar-refractivity contribution is 7.92. The Labute approximate surface area is 131 Å². The van der Waals surface area contributed by atoms with Gasteiger partial charge in [0.15, 0.2) is 0 Å². The molecule has 0 unspecified atom stereocenters. The maximum atomic E-state index is 13.5. The number of non-ortho nitro benzene ring substituents is 1. The number of nitro groups is 1. The minimum atomic E-state index is -4.07. The largest absolute Gasteiger partial charge is 0.489 e. The van der Waals surface area contributed by atoms with Crippen molar-refractivity contribution in [3.8, 4) is 5.75 Å². The Kier molecular flexibility index (Phi) is 3.64. The molecule has 3 rings (SSSR count). The van der Waals surface area contributed by atoms with Gasteiger partial charge >= 0.3 is 0 Å². The van der Waals surface area contributed by atoms with E-state index in [2.05, 4.69) is 0 Å². The van der Waals surface area contributed by atoms with Gasteiger partial charge in [-0.1, -0.05) is 6.07 Å². The molecule has 0 saturated heterocycles. The Hall–Kier alpha value is -2.68.